The number of amides is 4. The minimum absolute atomic E-state index is 0.00650. The van der Waals surface area contributed by atoms with Crippen molar-refractivity contribution in [2.24, 2.45) is 5.92 Å². The smallest absolute Gasteiger partial charge is 0.408 e. The van der Waals surface area contributed by atoms with Gasteiger partial charge in [0.2, 0.25) is 11.8 Å². The fraction of sp³-hybridized carbons (Fsp3) is 0.261. The molecule has 11 nitrogen and oxygen atoms in total. The van der Waals surface area contributed by atoms with Gasteiger partial charge in [-0.2, -0.15) is 0 Å². The molecule has 0 bridgehead atoms. The second-order valence-electron chi connectivity index (χ2n) is 14.4. The highest BCUT2D eigenvalue weighted by Gasteiger charge is 2.40. The predicted octanol–water partition coefficient (Wildman–Crippen LogP) is 7.94. The molecule has 5 aromatic carbocycles. The molecule has 2 fully saturated rings. The summed E-state index contributed by atoms with van der Waals surface area (Å²) in [6.07, 6.45) is -2.06. The molecule has 2 aliphatic heterocycles. The van der Waals surface area contributed by atoms with E-state index in [0.29, 0.717) is 5.75 Å². The van der Waals surface area contributed by atoms with Crippen molar-refractivity contribution in [2.45, 2.75) is 69.5 Å². The van der Waals surface area contributed by atoms with E-state index >= 15 is 0 Å². The van der Waals surface area contributed by atoms with Crippen LogP contribution >= 0.6 is 11.8 Å². The van der Waals surface area contributed by atoms with Gasteiger partial charge in [-0.25, -0.2) is 4.79 Å². The van der Waals surface area contributed by atoms with E-state index in [9.17, 15) is 24.3 Å². The van der Waals surface area contributed by atoms with Crippen LogP contribution in [0.15, 0.2) is 132 Å². The van der Waals surface area contributed by atoms with Crippen LogP contribution in [0.1, 0.15) is 60.5 Å². The molecule has 0 aromatic heterocycles. The molecule has 5 aromatic rings. The van der Waals surface area contributed by atoms with Crippen LogP contribution in [-0.2, 0) is 48.4 Å². The van der Waals surface area contributed by atoms with Crippen molar-refractivity contribution in [1.82, 2.24) is 10.2 Å². The van der Waals surface area contributed by atoms with E-state index in [1.807, 2.05) is 127 Å². The highest BCUT2D eigenvalue weighted by atomic mass is 32.2. The lowest BCUT2D eigenvalue weighted by Crippen LogP contribution is -2.41. The fourth-order valence-electron chi connectivity index (χ4n) is 7.09. The van der Waals surface area contributed by atoms with Crippen LogP contribution in [0.3, 0.4) is 0 Å². The van der Waals surface area contributed by atoms with Crippen molar-refractivity contribution >= 4 is 41.3 Å². The molecule has 12 heteroatoms. The third kappa shape index (κ3) is 10.0. The molecule has 0 aliphatic carbocycles. The number of anilines is 1. The summed E-state index contributed by atoms with van der Waals surface area (Å²) >= 11 is 1.67. The number of hydrogen-bond donors (Lipinski definition) is 3. The van der Waals surface area contributed by atoms with Crippen molar-refractivity contribution in [3.8, 4) is 11.1 Å². The maximum atomic E-state index is 13.3. The van der Waals surface area contributed by atoms with Gasteiger partial charge >= 0.3 is 6.09 Å². The van der Waals surface area contributed by atoms with Crippen molar-refractivity contribution in [1.29, 1.82) is 0 Å². The molecule has 2 saturated heterocycles. The molecular formula is C46H45N3O8S. The van der Waals surface area contributed by atoms with Crippen LogP contribution in [0, 0.1) is 5.92 Å². The average Bonchev–Trinajstić information content (AvgIpc) is 3.50. The fourth-order valence-corrected chi connectivity index (χ4v) is 8.16. The summed E-state index contributed by atoms with van der Waals surface area (Å²) in [5.74, 6) is -0.323. The van der Waals surface area contributed by atoms with E-state index in [0.717, 1.165) is 49.5 Å². The average molecular weight is 800 g/mol. The van der Waals surface area contributed by atoms with E-state index in [2.05, 4.69) is 17.6 Å². The first kappa shape index (κ1) is 40.4. The number of nitrogens with zero attached hydrogens (tertiary/aromatic N) is 1. The first-order valence-electron chi connectivity index (χ1n) is 19.2. The lowest BCUT2D eigenvalue weighted by atomic mass is 9.91. The Morgan fingerprint density at radius 1 is 0.810 bits per heavy atom. The number of carbonyl (C=O) groups is 4. The van der Waals surface area contributed by atoms with Gasteiger partial charge in [-0.3, -0.25) is 19.3 Å². The lowest BCUT2D eigenvalue weighted by molar-refractivity contribution is -0.268. The molecule has 3 N–H and O–H groups in total. The summed E-state index contributed by atoms with van der Waals surface area (Å²) in [5.41, 5.74) is 6.73. The van der Waals surface area contributed by atoms with Crippen LogP contribution in [0.25, 0.3) is 11.1 Å². The number of carbonyl (C=O) groups excluding carboxylic acids is 4. The maximum Gasteiger partial charge on any atom is 0.408 e. The van der Waals surface area contributed by atoms with Gasteiger partial charge in [-0.15, -0.1) is 11.8 Å². The number of imide groups is 1. The Bertz CT molecular complexity index is 2230. The van der Waals surface area contributed by atoms with Crippen LogP contribution in [0.5, 0.6) is 0 Å². The summed E-state index contributed by atoms with van der Waals surface area (Å²) in [4.78, 5) is 52.4. The predicted molar refractivity (Wildman–Crippen MR) is 220 cm³/mol. The van der Waals surface area contributed by atoms with E-state index in [1.165, 1.54) is 11.8 Å². The molecule has 58 heavy (non-hydrogen) atoms. The van der Waals surface area contributed by atoms with Crippen molar-refractivity contribution in [3.63, 3.8) is 0 Å². The SMILES string of the molecule is CC(=O)Nc1ccc(SCC2OC(c3cccc(-c4cccc(CN5C(=O)CC(NC(=O)OCc6ccccc6)C5=O)c4)c3)OC(c3ccc(CO)cc3)C2C)cc1. The Morgan fingerprint density at radius 3 is 2.24 bits per heavy atom. The van der Waals surface area contributed by atoms with Crippen LogP contribution in [0.2, 0.25) is 0 Å². The number of nitrogens with one attached hydrogen (secondary N) is 2. The molecule has 0 saturated carbocycles. The van der Waals surface area contributed by atoms with Gasteiger partial charge in [0.15, 0.2) is 6.29 Å². The number of ether oxygens (including phenoxy) is 3. The number of benzene rings is 5. The zero-order valence-electron chi connectivity index (χ0n) is 32.2. The van der Waals surface area contributed by atoms with E-state index in [1.54, 1.807) is 11.8 Å². The van der Waals surface area contributed by atoms with E-state index in [-0.39, 0.29) is 56.1 Å². The third-order valence-electron chi connectivity index (χ3n) is 10.2. The molecule has 298 valence electrons. The quantitative estimate of drug-likeness (QED) is 0.0799. The molecule has 0 radical (unpaired) electrons. The maximum absolute atomic E-state index is 13.3. The standard InChI is InChI=1S/C46H45N3O8S/c1-29-41(28-58-39-20-18-38(19-21-39)47-30(2)51)56-45(57-43(29)34-16-14-31(26-50)15-17-34)37-13-7-12-36(23-37)35-11-6-10-33(22-35)25-49-42(52)24-40(44(49)53)48-46(54)55-27-32-8-4-3-5-9-32/h3-23,29,40-41,43,45,50H,24-28H2,1-2H3,(H,47,51)(H,48,54). The van der Waals surface area contributed by atoms with Crippen LogP contribution in [-0.4, -0.2) is 51.7 Å². The lowest BCUT2D eigenvalue weighted by Gasteiger charge is -2.41. The number of alkyl carbamates (subject to hydrolysis) is 1. The Labute approximate surface area is 341 Å². The van der Waals surface area contributed by atoms with E-state index in [4.69, 9.17) is 14.2 Å². The second kappa shape index (κ2) is 18.6. The summed E-state index contributed by atoms with van der Waals surface area (Å²) in [6.45, 7) is 3.67. The van der Waals surface area contributed by atoms with Gasteiger partial charge in [0, 0.05) is 34.7 Å². The van der Waals surface area contributed by atoms with Gasteiger partial charge in [0.25, 0.3) is 5.91 Å². The van der Waals surface area contributed by atoms with Gasteiger partial charge in [0.05, 0.1) is 31.8 Å². The normalized spacial score (nSPS) is 20.5. The molecular weight excluding hydrogens is 755 g/mol. The molecule has 0 spiro atoms. The summed E-state index contributed by atoms with van der Waals surface area (Å²) in [6, 6.07) is 39.3. The highest BCUT2D eigenvalue weighted by Crippen LogP contribution is 2.43. The van der Waals surface area contributed by atoms with Crippen LogP contribution in [0.4, 0.5) is 10.5 Å². The van der Waals surface area contributed by atoms with Crippen molar-refractivity contribution < 1.29 is 38.5 Å². The number of aliphatic hydroxyl groups excluding tert-OH is 1. The topological polar surface area (TPSA) is 144 Å². The zero-order valence-corrected chi connectivity index (χ0v) is 33.0. The monoisotopic (exact) mass is 799 g/mol. The van der Waals surface area contributed by atoms with Crippen molar-refractivity contribution in [2.75, 3.05) is 11.1 Å². The van der Waals surface area contributed by atoms with Gasteiger partial charge in [-0.05, 0) is 69.8 Å². The number of rotatable bonds is 13. The van der Waals surface area contributed by atoms with Gasteiger partial charge in [0.1, 0.15) is 12.6 Å². The minimum atomic E-state index is -0.997. The van der Waals surface area contributed by atoms with Gasteiger partial charge < -0.3 is 30.0 Å². The molecule has 5 atom stereocenters. The molecule has 5 unspecified atom stereocenters. The third-order valence-corrected chi connectivity index (χ3v) is 11.3. The number of likely N-dealkylation sites (tertiary alicyclic amines) is 1. The Kier molecular flexibility index (Phi) is 13.0. The second-order valence-corrected chi connectivity index (χ2v) is 15.5. The molecule has 4 amide bonds. The Balaban J connectivity index is 1.04. The summed E-state index contributed by atoms with van der Waals surface area (Å²) < 4.78 is 18.7. The first-order chi connectivity index (χ1) is 28.1. The van der Waals surface area contributed by atoms with Gasteiger partial charge in [-0.1, -0.05) is 97.9 Å². The van der Waals surface area contributed by atoms with Crippen molar-refractivity contribution in [3.05, 3.63) is 155 Å². The molecule has 2 aliphatic rings. The highest BCUT2D eigenvalue weighted by molar-refractivity contribution is 7.99. The minimum Gasteiger partial charge on any atom is -0.445 e. The zero-order chi connectivity index (χ0) is 40.6. The number of thioether (sulfide) groups is 1. The van der Waals surface area contributed by atoms with E-state index < -0.39 is 24.3 Å². The van der Waals surface area contributed by atoms with Crippen LogP contribution < -0.4 is 10.6 Å². The number of aliphatic hydroxyl groups is 1. The largest absolute Gasteiger partial charge is 0.445 e. The summed E-state index contributed by atoms with van der Waals surface area (Å²) in [7, 11) is 0. The molecule has 7 rings (SSSR count). The molecule has 2 heterocycles. The first-order valence-corrected chi connectivity index (χ1v) is 20.1. The Hall–Kier alpha value is -5.79. The Morgan fingerprint density at radius 2 is 1.52 bits per heavy atom. The summed E-state index contributed by atoms with van der Waals surface area (Å²) in [5, 5.41) is 15.0. The number of hydrogen-bond acceptors (Lipinski definition) is 9.